The summed E-state index contributed by atoms with van der Waals surface area (Å²) in [4.78, 5) is 11.3. The van der Waals surface area contributed by atoms with Crippen LogP contribution in [0.1, 0.15) is 40.0 Å². The van der Waals surface area contributed by atoms with Crippen LogP contribution in [0.5, 0.6) is 5.88 Å². The molecule has 0 radical (unpaired) electrons. The highest BCUT2D eigenvalue weighted by Crippen LogP contribution is 2.24. The molecule has 1 N–H and O–H groups in total. The normalized spacial score (nSPS) is 19.4. The monoisotopic (exact) mass is 278 g/mol. The Bertz CT molecular complexity index is 411. The summed E-state index contributed by atoms with van der Waals surface area (Å²) in [5.41, 5.74) is 0. The lowest BCUT2D eigenvalue weighted by atomic mass is 10.0. The van der Waals surface area contributed by atoms with Gasteiger partial charge < -0.3 is 15.0 Å². The molecule has 1 fully saturated rings. The Morgan fingerprint density at radius 3 is 3.00 bits per heavy atom. The second kappa shape index (κ2) is 7.43. The van der Waals surface area contributed by atoms with Gasteiger partial charge in [0.05, 0.1) is 18.5 Å². The topological polar surface area (TPSA) is 50.3 Å². The van der Waals surface area contributed by atoms with Gasteiger partial charge in [0.15, 0.2) is 5.82 Å². The Morgan fingerprint density at radius 1 is 1.40 bits per heavy atom. The van der Waals surface area contributed by atoms with Crippen LogP contribution in [0.3, 0.4) is 0 Å². The van der Waals surface area contributed by atoms with E-state index in [9.17, 15) is 0 Å². The number of hydrogen-bond acceptors (Lipinski definition) is 5. The maximum Gasteiger partial charge on any atom is 0.234 e. The number of piperidine rings is 1. The quantitative estimate of drug-likeness (QED) is 0.865. The van der Waals surface area contributed by atoms with Crippen LogP contribution >= 0.6 is 0 Å². The van der Waals surface area contributed by atoms with Gasteiger partial charge in [-0.3, -0.25) is 4.98 Å². The van der Waals surface area contributed by atoms with Gasteiger partial charge in [0.2, 0.25) is 5.88 Å². The number of aromatic nitrogens is 2. The fraction of sp³-hybridized carbons (Fsp3) is 0.733. The van der Waals surface area contributed by atoms with Crippen LogP contribution in [0, 0.1) is 0 Å². The molecule has 1 saturated heterocycles. The predicted octanol–water partition coefficient (Wildman–Crippen LogP) is 2.23. The van der Waals surface area contributed by atoms with E-state index in [0.717, 1.165) is 25.5 Å². The highest BCUT2D eigenvalue weighted by Gasteiger charge is 2.23. The fourth-order valence-electron chi connectivity index (χ4n) is 2.60. The Morgan fingerprint density at radius 2 is 2.25 bits per heavy atom. The number of nitrogens with one attached hydrogen (secondary N) is 1. The molecule has 5 nitrogen and oxygen atoms in total. The second-order valence-corrected chi connectivity index (χ2v) is 5.53. The third-order valence-electron chi connectivity index (χ3n) is 3.51. The summed E-state index contributed by atoms with van der Waals surface area (Å²) in [6.45, 7) is 9.21. The molecular formula is C15H26N4O. The number of nitrogens with zero attached hydrogens (tertiary/aromatic N) is 3. The van der Waals surface area contributed by atoms with E-state index in [2.05, 4.69) is 27.1 Å². The average Bonchev–Trinajstić information content (AvgIpc) is 2.45. The highest BCUT2D eigenvalue weighted by atomic mass is 16.5. The van der Waals surface area contributed by atoms with E-state index >= 15 is 0 Å². The first-order chi connectivity index (χ1) is 9.70. The van der Waals surface area contributed by atoms with Crippen LogP contribution in [0.25, 0.3) is 0 Å². The zero-order valence-electron chi connectivity index (χ0n) is 12.8. The summed E-state index contributed by atoms with van der Waals surface area (Å²) in [6, 6.07) is 0.507. The zero-order chi connectivity index (χ0) is 14.4. The summed E-state index contributed by atoms with van der Waals surface area (Å²) in [5, 5.41) is 3.44. The number of anilines is 1. The molecular weight excluding hydrogens is 252 g/mol. The molecule has 0 aliphatic carbocycles. The molecule has 0 aromatic carbocycles. The number of hydrogen-bond donors (Lipinski definition) is 1. The summed E-state index contributed by atoms with van der Waals surface area (Å²) >= 11 is 0. The minimum absolute atomic E-state index is 0.124. The molecule has 5 heteroatoms. The number of ether oxygens (including phenoxy) is 1. The van der Waals surface area contributed by atoms with Gasteiger partial charge in [-0.2, -0.15) is 4.98 Å². The molecule has 1 aromatic rings. The van der Waals surface area contributed by atoms with Crippen LogP contribution in [-0.2, 0) is 0 Å². The molecule has 1 aliphatic rings. The average molecular weight is 278 g/mol. The molecule has 1 atom stereocenters. The predicted molar refractivity (Wildman–Crippen MR) is 81.3 cm³/mol. The van der Waals surface area contributed by atoms with Crippen molar-refractivity contribution in [2.24, 2.45) is 0 Å². The Hall–Kier alpha value is -1.36. The lowest BCUT2D eigenvalue weighted by Crippen LogP contribution is -2.46. The lowest BCUT2D eigenvalue weighted by molar-refractivity contribution is 0.231. The van der Waals surface area contributed by atoms with Gasteiger partial charge in [-0.25, -0.2) is 0 Å². The first-order valence-electron chi connectivity index (χ1n) is 7.66. The highest BCUT2D eigenvalue weighted by molar-refractivity contribution is 5.39. The number of likely N-dealkylation sites (N-methyl/N-ethyl adjacent to an activating group) is 1. The van der Waals surface area contributed by atoms with Crippen molar-refractivity contribution in [2.75, 3.05) is 24.5 Å². The fourth-order valence-corrected chi connectivity index (χ4v) is 2.60. The van der Waals surface area contributed by atoms with Gasteiger partial charge in [0.1, 0.15) is 0 Å². The van der Waals surface area contributed by atoms with Crippen molar-refractivity contribution in [3.8, 4) is 5.88 Å². The second-order valence-electron chi connectivity index (χ2n) is 5.53. The summed E-state index contributed by atoms with van der Waals surface area (Å²) in [5.74, 6) is 1.55. The van der Waals surface area contributed by atoms with Crippen LogP contribution < -0.4 is 15.0 Å². The maximum atomic E-state index is 5.65. The standard InChI is InChI=1S/C15H26N4O/c1-4-16-9-13-7-5-6-8-19(13)14-10-17-11-15(18-14)20-12(2)3/h10-13,16H,4-9H2,1-3H3. The third kappa shape index (κ3) is 4.07. The van der Waals surface area contributed by atoms with Crippen molar-refractivity contribution in [2.45, 2.75) is 52.2 Å². The molecule has 0 saturated carbocycles. The summed E-state index contributed by atoms with van der Waals surface area (Å²) in [7, 11) is 0. The van der Waals surface area contributed by atoms with Gasteiger partial charge in [0.25, 0.3) is 0 Å². The summed E-state index contributed by atoms with van der Waals surface area (Å²) in [6.07, 6.45) is 7.38. The molecule has 0 amide bonds. The van der Waals surface area contributed by atoms with Crippen molar-refractivity contribution in [3.05, 3.63) is 12.4 Å². The maximum absolute atomic E-state index is 5.65. The SMILES string of the molecule is CCNCC1CCCCN1c1cncc(OC(C)C)n1. The van der Waals surface area contributed by atoms with Crippen LogP contribution in [0.2, 0.25) is 0 Å². The molecule has 0 bridgehead atoms. The van der Waals surface area contributed by atoms with Gasteiger partial charge in [-0.15, -0.1) is 0 Å². The smallest absolute Gasteiger partial charge is 0.234 e. The van der Waals surface area contributed by atoms with Crippen molar-refractivity contribution >= 4 is 5.82 Å². The van der Waals surface area contributed by atoms with E-state index in [1.807, 2.05) is 20.0 Å². The zero-order valence-corrected chi connectivity index (χ0v) is 12.8. The van der Waals surface area contributed by atoms with Gasteiger partial charge in [0, 0.05) is 19.1 Å². The molecule has 1 unspecified atom stereocenters. The minimum atomic E-state index is 0.124. The van der Waals surface area contributed by atoms with Crippen molar-refractivity contribution in [1.29, 1.82) is 0 Å². The van der Waals surface area contributed by atoms with Crippen LogP contribution in [-0.4, -0.2) is 41.7 Å². The first-order valence-corrected chi connectivity index (χ1v) is 7.66. The number of rotatable bonds is 6. The minimum Gasteiger partial charge on any atom is -0.474 e. The Labute approximate surface area is 121 Å². The molecule has 112 valence electrons. The van der Waals surface area contributed by atoms with Gasteiger partial charge in [-0.1, -0.05) is 6.92 Å². The Balaban J connectivity index is 2.10. The van der Waals surface area contributed by atoms with E-state index in [1.54, 1.807) is 6.20 Å². The van der Waals surface area contributed by atoms with E-state index in [1.165, 1.54) is 19.3 Å². The summed E-state index contributed by atoms with van der Waals surface area (Å²) < 4.78 is 5.65. The van der Waals surface area contributed by atoms with Crippen molar-refractivity contribution in [3.63, 3.8) is 0 Å². The van der Waals surface area contributed by atoms with Crippen molar-refractivity contribution < 1.29 is 4.74 Å². The van der Waals surface area contributed by atoms with E-state index in [4.69, 9.17) is 4.74 Å². The molecule has 0 spiro atoms. The lowest BCUT2D eigenvalue weighted by Gasteiger charge is -2.36. The van der Waals surface area contributed by atoms with Crippen LogP contribution in [0.4, 0.5) is 5.82 Å². The largest absolute Gasteiger partial charge is 0.474 e. The van der Waals surface area contributed by atoms with E-state index in [-0.39, 0.29) is 6.10 Å². The third-order valence-corrected chi connectivity index (χ3v) is 3.51. The van der Waals surface area contributed by atoms with Crippen molar-refractivity contribution in [1.82, 2.24) is 15.3 Å². The van der Waals surface area contributed by atoms with Gasteiger partial charge in [-0.05, 0) is 39.7 Å². The first kappa shape index (κ1) is 15.0. The van der Waals surface area contributed by atoms with E-state index in [0.29, 0.717) is 11.9 Å². The molecule has 1 aromatic heterocycles. The van der Waals surface area contributed by atoms with Crippen LogP contribution in [0.15, 0.2) is 12.4 Å². The van der Waals surface area contributed by atoms with E-state index < -0.39 is 0 Å². The molecule has 20 heavy (non-hydrogen) atoms. The molecule has 2 heterocycles. The van der Waals surface area contributed by atoms with Gasteiger partial charge >= 0.3 is 0 Å². The molecule has 2 rings (SSSR count). The Kier molecular flexibility index (Phi) is 5.59. The molecule has 1 aliphatic heterocycles.